The summed E-state index contributed by atoms with van der Waals surface area (Å²) >= 11 is 0. The largest absolute Gasteiger partial charge is 0.497 e. The molecule has 0 saturated heterocycles. The zero-order valence-corrected chi connectivity index (χ0v) is 16.2. The molecule has 1 N–H and O–H groups in total. The van der Waals surface area contributed by atoms with Gasteiger partial charge in [-0.2, -0.15) is 4.31 Å². The first-order valence-corrected chi connectivity index (χ1v) is 10.5. The van der Waals surface area contributed by atoms with Crippen molar-refractivity contribution in [2.24, 2.45) is 0 Å². The number of fused-ring (bicyclic) bond motifs is 1. The Hall–Kier alpha value is -2.38. The lowest BCUT2D eigenvalue weighted by molar-refractivity contribution is -0.120. The van der Waals surface area contributed by atoms with Crippen LogP contribution in [-0.4, -0.2) is 38.0 Å². The molecule has 0 radical (unpaired) electrons. The highest BCUT2D eigenvalue weighted by molar-refractivity contribution is 7.89. The summed E-state index contributed by atoms with van der Waals surface area (Å²) in [6.07, 6.45) is 0.662. The van der Waals surface area contributed by atoms with Crippen molar-refractivity contribution in [1.82, 2.24) is 9.62 Å². The molecule has 6 nitrogen and oxygen atoms in total. The van der Waals surface area contributed by atoms with Gasteiger partial charge in [0.05, 0.1) is 12.9 Å². The van der Waals surface area contributed by atoms with Crippen molar-refractivity contribution < 1.29 is 17.9 Å². The van der Waals surface area contributed by atoms with Gasteiger partial charge in [-0.1, -0.05) is 36.4 Å². The summed E-state index contributed by atoms with van der Waals surface area (Å²) in [5.74, 6) is 0.301. The van der Waals surface area contributed by atoms with Gasteiger partial charge in [-0.3, -0.25) is 4.79 Å². The van der Waals surface area contributed by atoms with Gasteiger partial charge in [-0.25, -0.2) is 8.42 Å². The van der Waals surface area contributed by atoms with Crippen molar-refractivity contribution in [3.63, 3.8) is 0 Å². The number of hydrogen-bond acceptors (Lipinski definition) is 4. The number of methoxy groups -OCH3 is 1. The van der Waals surface area contributed by atoms with E-state index in [1.54, 1.807) is 7.11 Å². The Bertz CT molecular complexity index is 894. The lowest BCUT2D eigenvalue weighted by Crippen LogP contribution is -2.38. The van der Waals surface area contributed by atoms with Crippen molar-refractivity contribution in [1.29, 1.82) is 0 Å². The molecule has 1 heterocycles. The third kappa shape index (κ3) is 5.08. The van der Waals surface area contributed by atoms with Gasteiger partial charge in [0.1, 0.15) is 5.75 Å². The van der Waals surface area contributed by atoms with Crippen molar-refractivity contribution in [2.45, 2.75) is 25.9 Å². The number of nitrogens with one attached hydrogen (secondary N) is 1. The van der Waals surface area contributed by atoms with E-state index in [1.165, 1.54) is 9.87 Å². The molecule has 144 valence electrons. The van der Waals surface area contributed by atoms with Crippen LogP contribution in [0, 0.1) is 0 Å². The minimum absolute atomic E-state index is 0.0450. The molecule has 0 unspecified atom stereocenters. The molecular weight excluding hydrogens is 364 g/mol. The molecule has 0 spiro atoms. The van der Waals surface area contributed by atoms with Crippen molar-refractivity contribution in [2.75, 3.05) is 19.4 Å². The summed E-state index contributed by atoms with van der Waals surface area (Å²) in [6, 6.07) is 15.2. The fraction of sp³-hybridized carbons (Fsp3) is 0.350. The molecule has 1 amide bonds. The molecule has 2 aromatic rings. The van der Waals surface area contributed by atoms with Gasteiger partial charge in [0.2, 0.25) is 15.9 Å². The molecule has 2 aromatic carbocycles. The van der Waals surface area contributed by atoms with Crippen molar-refractivity contribution >= 4 is 15.9 Å². The van der Waals surface area contributed by atoms with Crippen molar-refractivity contribution in [3.8, 4) is 5.75 Å². The SMILES string of the molecule is COc1ccc(CNC(=O)CCS(=O)(=O)N2CCc3ccccc3C2)cc1. The number of carbonyl (C=O) groups is 1. The monoisotopic (exact) mass is 388 g/mol. The fourth-order valence-corrected chi connectivity index (χ4v) is 4.50. The maximum atomic E-state index is 12.6. The van der Waals surface area contributed by atoms with Crippen LogP contribution in [0.25, 0.3) is 0 Å². The highest BCUT2D eigenvalue weighted by atomic mass is 32.2. The van der Waals surface area contributed by atoms with Crippen LogP contribution in [0.5, 0.6) is 5.75 Å². The molecule has 3 rings (SSSR count). The normalized spacial score (nSPS) is 14.4. The molecule has 1 aliphatic heterocycles. The fourth-order valence-electron chi connectivity index (χ4n) is 3.09. The van der Waals surface area contributed by atoms with Gasteiger partial charge >= 0.3 is 0 Å². The first-order valence-electron chi connectivity index (χ1n) is 8.92. The second kappa shape index (κ2) is 8.54. The zero-order valence-electron chi connectivity index (χ0n) is 15.3. The highest BCUT2D eigenvalue weighted by Gasteiger charge is 2.26. The van der Waals surface area contributed by atoms with Gasteiger partial charge in [0, 0.05) is 26.1 Å². The van der Waals surface area contributed by atoms with Crippen LogP contribution in [0.4, 0.5) is 0 Å². The van der Waals surface area contributed by atoms with E-state index < -0.39 is 10.0 Å². The quantitative estimate of drug-likeness (QED) is 0.788. The van der Waals surface area contributed by atoms with Gasteiger partial charge in [0.25, 0.3) is 0 Å². The van der Waals surface area contributed by atoms with Gasteiger partial charge in [-0.15, -0.1) is 0 Å². The van der Waals surface area contributed by atoms with Gasteiger partial charge in [0.15, 0.2) is 0 Å². The molecule has 0 saturated carbocycles. The summed E-state index contributed by atoms with van der Waals surface area (Å²) in [5.41, 5.74) is 3.16. The zero-order chi connectivity index (χ0) is 19.3. The number of nitrogens with zero attached hydrogens (tertiary/aromatic N) is 1. The average molecular weight is 388 g/mol. The first-order chi connectivity index (χ1) is 13.0. The summed E-state index contributed by atoms with van der Waals surface area (Å²) < 4.78 is 31.7. The smallest absolute Gasteiger partial charge is 0.221 e. The standard InChI is InChI=1S/C20H24N2O4S/c1-26-19-8-6-16(7-9-19)14-21-20(23)11-13-27(24,25)22-12-10-17-4-2-3-5-18(17)15-22/h2-9H,10-15H2,1H3,(H,21,23). The number of carbonyl (C=O) groups excluding carboxylic acids is 1. The Balaban J connectivity index is 1.49. The second-order valence-corrected chi connectivity index (χ2v) is 8.63. The minimum atomic E-state index is -3.46. The molecular formula is C20H24N2O4S. The topological polar surface area (TPSA) is 75.7 Å². The van der Waals surface area contributed by atoms with E-state index >= 15 is 0 Å². The van der Waals surface area contributed by atoms with Crippen LogP contribution in [0.15, 0.2) is 48.5 Å². The van der Waals surface area contributed by atoms with Crippen LogP contribution in [-0.2, 0) is 34.3 Å². The van der Waals surface area contributed by atoms with Crippen LogP contribution < -0.4 is 10.1 Å². The van der Waals surface area contributed by atoms with Gasteiger partial charge < -0.3 is 10.1 Å². The lowest BCUT2D eigenvalue weighted by Gasteiger charge is -2.28. The number of ether oxygens (including phenoxy) is 1. The number of rotatable bonds is 7. The molecule has 7 heteroatoms. The van der Waals surface area contributed by atoms with Crippen LogP contribution in [0.3, 0.4) is 0 Å². The third-order valence-electron chi connectivity index (χ3n) is 4.72. The third-order valence-corrected chi connectivity index (χ3v) is 6.54. The number of hydrogen-bond donors (Lipinski definition) is 1. The molecule has 1 aliphatic rings. The molecule has 0 atom stereocenters. The molecule has 0 bridgehead atoms. The summed E-state index contributed by atoms with van der Waals surface area (Å²) in [6.45, 7) is 1.21. The van der Waals surface area contributed by atoms with E-state index in [0.717, 1.165) is 16.9 Å². The Labute approximate surface area is 160 Å². The average Bonchev–Trinajstić information content (AvgIpc) is 2.70. The number of sulfonamides is 1. The van der Waals surface area contributed by atoms with E-state index in [1.807, 2.05) is 48.5 Å². The van der Waals surface area contributed by atoms with Crippen LogP contribution in [0.2, 0.25) is 0 Å². The summed E-state index contributed by atoms with van der Waals surface area (Å²) in [5, 5.41) is 2.76. The Morgan fingerprint density at radius 2 is 1.81 bits per heavy atom. The first kappa shape index (κ1) is 19.4. The van der Waals surface area contributed by atoms with E-state index in [-0.39, 0.29) is 18.1 Å². The van der Waals surface area contributed by atoms with E-state index in [2.05, 4.69) is 5.32 Å². The molecule has 0 aromatic heterocycles. The molecule has 0 fully saturated rings. The Morgan fingerprint density at radius 3 is 2.52 bits per heavy atom. The van der Waals surface area contributed by atoms with Gasteiger partial charge in [-0.05, 0) is 35.2 Å². The predicted molar refractivity (Wildman–Crippen MR) is 104 cm³/mol. The Kier molecular flexibility index (Phi) is 6.13. The van der Waals surface area contributed by atoms with E-state index in [4.69, 9.17) is 4.74 Å². The lowest BCUT2D eigenvalue weighted by atomic mass is 10.0. The van der Waals surface area contributed by atoms with Crippen LogP contribution >= 0.6 is 0 Å². The number of benzene rings is 2. The summed E-state index contributed by atoms with van der Waals surface area (Å²) in [4.78, 5) is 12.0. The van der Waals surface area contributed by atoms with Crippen LogP contribution in [0.1, 0.15) is 23.1 Å². The van der Waals surface area contributed by atoms with Crippen molar-refractivity contribution in [3.05, 3.63) is 65.2 Å². The molecule has 0 aliphatic carbocycles. The number of amides is 1. The minimum Gasteiger partial charge on any atom is -0.497 e. The predicted octanol–water partition coefficient (Wildman–Crippen LogP) is 2.09. The molecule has 27 heavy (non-hydrogen) atoms. The summed E-state index contributed by atoms with van der Waals surface area (Å²) in [7, 11) is -1.86. The highest BCUT2D eigenvalue weighted by Crippen LogP contribution is 2.21. The maximum absolute atomic E-state index is 12.6. The maximum Gasteiger partial charge on any atom is 0.221 e. The Morgan fingerprint density at radius 1 is 1.11 bits per heavy atom. The van der Waals surface area contributed by atoms with E-state index in [9.17, 15) is 13.2 Å². The second-order valence-electron chi connectivity index (χ2n) is 6.54. The van der Waals surface area contributed by atoms with E-state index in [0.29, 0.717) is 26.1 Å².